The molecule has 1 atom stereocenters. The fourth-order valence-corrected chi connectivity index (χ4v) is 2.80. The zero-order chi connectivity index (χ0) is 18.0. The Labute approximate surface area is 142 Å². The predicted molar refractivity (Wildman–Crippen MR) is 89.2 cm³/mol. The molecule has 0 unspecified atom stereocenters. The molecule has 1 aliphatic rings. The van der Waals surface area contributed by atoms with Crippen molar-refractivity contribution in [3.8, 4) is 5.75 Å². The van der Waals surface area contributed by atoms with E-state index in [-0.39, 0.29) is 12.3 Å². The number of para-hydroxylation sites is 1. The van der Waals surface area contributed by atoms with Crippen LogP contribution in [0.4, 0.5) is 11.4 Å². The van der Waals surface area contributed by atoms with Crippen molar-refractivity contribution in [2.75, 3.05) is 11.5 Å². The standard InChI is InChI=1S/C17H15N3O5/c18-17(22)15-9-11-3-1-2-4-14(11)19(15)16(21)10-25-13-7-5-12(6-8-13)20(23)24/h1-8,15H,9-10H2,(H2,18,22)/t15-/m0/s1. The molecule has 8 nitrogen and oxygen atoms in total. The molecule has 128 valence electrons. The van der Waals surface area contributed by atoms with Gasteiger partial charge in [0.1, 0.15) is 11.8 Å². The molecule has 1 heterocycles. The van der Waals surface area contributed by atoms with Crippen LogP contribution in [0.1, 0.15) is 5.56 Å². The van der Waals surface area contributed by atoms with Crippen LogP contribution in [0.3, 0.4) is 0 Å². The topological polar surface area (TPSA) is 116 Å². The number of nitro groups is 1. The third-order valence-electron chi connectivity index (χ3n) is 3.98. The zero-order valence-corrected chi connectivity index (χ0v) is 13.1. The summed E-state index contributed by atoms with van der Waals surface area (Å²) in [4.78, 5) is 35.7. The number of ether oxygens (including phenoxy) is 1. The highest BCUT2D eigenvalue weighted by Gasteiger charge is 2.37. The number of rotatable bonds is 5. The predicted octanol–water partition coefficient (Wildman–Crippen LogP) is 1.42. The molecule has 0 fully saturated rings. The Morgan fingerprint density at radius 3 is 2.52 bits per heavy atom. The molecular weight excluding hydrogens is 326 g/mol. The van der Waals surface area contributed by atoms with Gasteiger partial charge in [-0.05, 0) is 23.8 Å². The molecule has 0 aliphatic carbocycles. The number of benzene rings is 2. The fraction of sp³-hybridized carbons (Fsp3) is 0.176. The number of non-ortho nitro benzene ring substituents is 1. The summed E-state index contributed by atoms with van der Waals surface area (Å²) in [6.45, 7) is -0.310. The molecule has 0 saturated heterocycles. The molecule has 2 N–H and O–H groups in total. The Hall–Kier alpha value is -3.42. The molecule has 25 heavy (non-hydrogen) atoms. The van der Waals surface area contributed by atoms with Crippen LogP contribution in [0.2, 0.25) is 0 Å². The number of fused-ring (bicyclic) bond motifs is 1. The molecule has 2 amide bonds. The zero-order valence-electron chi connectivity index (χ0n) is 13.1. The summed E-state index contributed by atoms with van der Waals surface area (Å²) in [5, 5.41) is 10.6. The van der Waals surface area contributed by atoms with Crippen molar-refractivity contribution in [1.29, 1.82) is 0 Å². The second-order valence-corrected chi connectivity index (χ2v) is 5.55. The lowest BCUT2D eigenvalue weighted by molar-refractivity contribution is -0.384. The first-order valence-corrected chi connectivity index (χ1v) is 7.54. The molecule has 2 aromatic rings. The second kappa shape index (κ2) is 6.60. The maximum atomic E-state index is 12.6. The maximum Gasteiger partial charge on any atom is 0.269 e. The van der Waals surface area contributed by atoms with E-state index in [4.69, 9.17) is 10.5 Å². The monoisotopic (exact) mass is 341 g/mol. The van der Waals surface area contributed by atoms with E-state index in [1.54, 1.807) is 12.1 Å². The van der Waals surface area contributed by atoms with Crippen LogP contribution in [0, 0.1) is 10.1 Å². The van der Waals surface area contributed by atoms with Crippen LogP contribution >= 0.6 is 0 Å². The summed E-state index contributed by atoms with van der Waals surface area (Å²) in [6, 6.07) is 11.9. The summed E-state index contributed by atoms with van der Waals surface area (Å²) in [7, 11) is 0. The summed E-state index contributed by atoms with van der Waals surface area (Å²) in [5.74, 6) is -0.672. The molecule has 0 saturated carbocycles. The first kappa shape index (κ1) is 16.4. The fourth-order valence-electron chi connectivity index (χ4n) is 2.80. The summed E-state index contributed by atoms with van der Waals surface area (Å²) >= 11 is 0. The average molecular weight is 341 g/mol. The van der Waals surface area contributed by atoms with E-state index in [1.807, 2.05) is 12.1 Å². The Bertz CT molecular complexity index is 834. The third kappa shape index (κ3) is 3.27. The van der Waals surface area contributed by atoms with Crippen molar-refractivity contribution in [3.63, 3.8) is 0 Å². The SMILES string of the molecule is NC(=O)[C@@H]1Cc2ccccc2N1C(=O)COc1ccc([N+](=O)[O-])cc1. The van der Waals surface area contributed by atoms with Gasteiger partial charge in [-0.1, -0.05) is 18.2 Å². The number of nitrogens with two attached hydrogens (primary N) is 1. The van der Waals surface area contributed by atoms with Crippen LogP contribution in [-0.2, 0) is 16.0 Å². The minimum Gasteiger partial charge on any atom is -0.484 e. The Balaban J connectivity index is 1.73. The Morgan fingerprint density at radius 1 is 1.20 bits per heavy atom. The number of nitrogens with zero attached hydrogens (tertiary/aromatic N) is 2. The van der Waals surface area contributed by atoms with Crippen molar-refractivity contribution in [3.05, 3.63) is 64.2 Å². The van der Waals surface area contributed by atoms with Gasteiger partial charge < -0.3 is 10.5 Å². The normalized spacial score (nSPS) is 15.5. The minimum absolute atomic E-state index is 0.0686. The van der Waals surface area contributed by atoms with Crippen LogP contribution in [0.15, 0.2) is 48.5 Å². The van der Waals surface area contributed by atoms with E-state index in [0.29, 0.717) is 17.9 Å². The molecule has 8 heteroatoms. The maximum absolute atomic E-state index is 12.6. The van der Waals surface area contributed by atoms with Gasteiger partial charge in [0.05, 0.1) is 4.92 Å². The quantitative estimate of drug-likeness (QED) is 0.652. The number of carbonyl (C=O) groups excluding carboxylic acids is 2. The Kier molecular flexibility index (Phi) is 4.34. The lowest BCUT2D eigenvalue weighted by Crippen LogP contribution is -2.47. The van der Waals surface area contributed by atoms with Gasteiger partial charge in [0, 0.05) is 24.2 Å². The van der Waals surface area contributed by atoms with Gasteiger partial charge >= 0.3 is 0 Å². The third-order valence-corrected chi connectivity index (χ3v) is 3.98. The van der Waals surface area contributed by atoms with Gasteiger partial charge in [-0.2, -0.15) is 0 Å². The van der Waals surface area contributed by atoms with Crippen LogP contribution < -0.4 is 15.4 Å². The number of carbonyl (C=O) groups is 2. The van der Waals surface area contributed by atoms with Crippen LogP contribution in [-0.4, -0.2) is 29.4 Å². The molecule has 0 bridgehead atoms. The van der Waals surface area contributed by atoms with E-state index < -0.39 is 22.8 Å². The summed E-state index contributed by atoms with van der Waals surface area (Å²) in [6.07, 6.45) is 0.370. The van der Waals surface area contributed by atoms with Gasteiger partial charge in [0.2, 0.25) is 5.91 Å². The highest BCUT2D eigenvalue weighted by atomic mass is 16.6. The van der Waals surface area contributed by atoms with Crippen molar-refractivity contribution in [1.82, 2.24) is 0 Å². The van der Waals surface area contributed by atoms with E-state index >= 15 is 0 Å². The number of amides is 2. The van der Waals surface area contributed by atoms with Gasteiger partial charge in [0.15, 0.2) is 6.61 Å². The van der Waals surface area contributed by atoms with Gasteiger partial charge in [-0.25, -0.2) is 0 Å². The first-order chi connectivity index (χ1) is 12.0. The van der Waals surface area contributed by atoms with E-state index in [2.05, 4.69) is 0 Å². The van der Waals surface area contributed by atoms with Crippen LogP contribution in [0.5, 0.6) is 5.75 Å². The minimum atomic E-state index is -0.745. The molecule has 2 aromatic carbocycles. The van der Waals surface area contributed by atoms with Crippen molar-refractivity contribution >= 4 is 23.2 Å². The molecule has 0 spiro atoms. The number of hydrogen-bond donors (Lipinski definition) is 1. The molecular formula is C17H15N3O5. The van der Waals surface area contributed by atoms with Gasteiger partial charge in [0.25, 0.3) is 11.6 Å². The summed E-state index contributed by atoms with van der Waals surface area (Å²) in [5.41, 5.74) is 6.86. The van der Waals surface area contributed by atoms with Crippen molar-refractivity contribution < 1.29 is 19.2 Å². The number of hydrogen-bond acceptors (Lipinski definition) is 5. The molecule has 1 aliphatic heterocycles. The highest BCUT2D eigenvalue weighted by Crippen LogP contribution is 2.32. The van der Waals surface area contributed by atoms with E-state index in [1.165, 1.54) is 29.2 Å². The highest BCUT2D eigenvalue weighted by molar-refractivity contribution is 6.03. The lowest BCUT2D eigenvalue weighted by Gasteiger charge is -2.23. The summed E-state index contributed by atoms with van der Waals surface area (Å²) < 4.78 is 5.39. The first-order valence-electron chi connectivity index (χ1n) is 7.54. The van der Waals surface area contributed by atoms with Crippen molar-refractivity contribution in [2.24, 2.45) is 5.73 Å². The largest absolute Gasteiger partial charge is 0.484 e. The second-order valence-electron chi connectivity index (χ2n) is 5.55. The van der Waals surface area contributed by atoms with E-state index in [9.17, 15) is 19.7 Å². The Morgan fingerprint density at radius 2 is 1.88 bits per heavy atom. The molecule has 0 radical (unpaired) electrons. The van der Waals surface area contributed by atoms with Gasteiger partial charge in [-0.15, -0.1) is 0 Å². The molecule has 3 rings (SSSR count). The number of anilines is 1. The van der Waals surface area contributed by atoms with Gasteiger partial charge in [-0.3, -0.25) is 24.6 Å². The van der Waals surface area contributed by atoms with Crippen LogP contribution in [0.25, 0.3) is 0 Å². The smallest absolute Gasteiger partial charge is 0.269 e. The average Bonchev–Trinajstić information content (AvgIpc) is 3.00. The van der Waals surface area contributed by atoms with E-state index in [0.717, 1.165) is 5.56 Å². The lowest BCUT2D eigenvalue weighted by atomic mass is 10.1. The van der Waals surface area contributed by atoms with Crippen molar-refractivity contribution in [2.45, 2.75) is 12.5 Å². The number of nitro benzene ring substituents is 1. The number of primary amides is 1. The molecule has 0 aromatic heterocycles.